The van der Waals surface area contributed by atoms with Gasteiger partial charge in [0.15, 0.2) is 0 Å². The number of fused-ring (bicyclic) bond motifs is 1. The van der Waals surface area contributed by atoms with Gasteiger partial charge in [0.25, 0.3) is 5.91 Å². The van der Waals surface area contributed by atoms with E-state index in [-0.39, 0.29) is 39.5 Å². The van der Waals surface area contributed by atoms with Crippen molar-refractivity contribution in [1.82, 2.24) is 15.2 Å². The van der Waals surface area contributed by atoms with E-state index in [1.54, 1.807) is 12.1 Å². The molecule has 198 valence electrons. The summed E-state index contributed by atoms with van der Waals surface area (Å²) in [5.41, 5.74) is 8.40. The van der Waals surface area contributed by atoms with Crippen LogP contribution >= 0.6 is 0 Å². The number of likely N-dealkylation sites (tertiary alicyclic amines) is 1. The van der Waals surface area contributed by atoms with Gasteiger partial charge in [-0.25, -0.2) is 13.8 Å². The van der Waals surface area contributed by atoms with Crippen LogP contribution in [-0.4, -0.2) is 61.7 Å². The molecule has 0 radical (unpaired) electrons. The number of nitrogen functional groups attached to an aromatic ring is 1. The molecular formula is C28H28F3N5O2. The maximum atomic E-state index is 16.2. The van der Waals surface area contributed by atoms with Crippen molar-refractivity contribution in [2.45, 2.75) is 19.4 Å². The molecule has 6 rings (SSSR count). The maximum absolute atomic E-state index is 16.2. The number of carbonyl (C=O) groups is 1. The van der Waals surface area contributed by atoms with Crippen LogP contribution in [0.5, 0.6) is 0 Å². The predicted octanol–water partition coefficient (Wildman–Crippen LogP) is 3.74. The molecule has 0 bridgehead atoms. The molecule has 2 saturated heterocycles. The van der Waals surface area contributed by atoms with Crippen molar-refractivity contribution in [1.29, 1.82) is 0 Å². The molecule has 1 aromatic heterocycles. The van der Waals surface area contributed by atoms with Crippen molar-refractivity contribution < 1.29 is 22.7 Å². The van der Waals surface area contributed by atoms with Crippen molar-refractivity contribution in [3.63, 3.8) is 0 Å². The van der Waals surface area contributed by atoms with Crippen molar-refractivity contribution in [2.75, 3.05) is 56.6 Å². The Kier molecular flexibility index (Phi) is 6.45. The molecule has 4 heterocycles. The van der Waals surface area contributed by atoms with Crippen LogP contribution in [-0.2, 0) is 17.7 Å². The minimum absolute atomic E-state index is 0.0431. The lowest BCUT2D eigenvalue weighted by molar-refractivity contribution is 0.0945. The Balaban J connectivity index is 1.46. The molecule has 7 nitrogen and oxygen atoms in total. The van der Waals surface area contributed by atoms with Gasteiger partial charge < -0.3 is 20.7 Å². The second kappa shape index (κ2) is 9.92. The lowest BCUT2D eigenvalue weighted by Crippen LogP contribution is -2.39. The molecule has 0 atom stereocenters. The van der Waals surface area contributed by atoms with Gasteiger partial charge in [0, 0.05) is 65.2 Å². The SMILES string of the molecule is Nc1nc(F)c(-c2ccc(N3CCOCC3)c(CN3CCC3)c2F)cc1-c1cc2c(cc1F)C(=O)NCC2. The van der Waals surface area contributed by atoms with Gasteiger partial charge >= 0.3 is 0 Å². The van der Waals surface area contributed by atoms with Crippen LogP contribution in [0.2, 0.25) is 0 Å². The van der Waals surface area contributed by atoms with Crippen molar-refractivity contribution in [3.8, 4) is 22.3 Å². The number of anilines is 2. The monoisotopic (exact) mass is 523 g/mol. The quantitative estimate of drug-likeness (QED) is 0.496. The summed E-state index contributed by atoms with van der Waals surface area (Å²) in [6, 6.07) is 7.42. The van der Waals surface area contributed by atoms with Crippen LogP contribution in [0.4, 0.5) is 24.7 Å². The molecule has 3 aliphatic rings. The zero-order valence-electron chi connectivity index (χ0n) is 20.8. The summed E-state index contributed by atoms with van der Waals surface area (Å²) < 4.78 is 52.1. The van der Waals surface area contributed by atoms with Crippen LogP contribution in [0, 0.1) is 17.6 Å². The van der Waals surface area contributed by atoms with E-state index in [9.17, 15) is 4.79 Å². The number of benzene rings is 2. The third-order valence-electron chi connectivity index (χ3n) is 7.60. The van der Waals surface area contributed by atoms with E-state index in [1.165, 1.54) is 6.07 Å². The molecule has 3 N–H and O–H groups in total. The minimum atomic E-state index is -0.933. The number of nitrogens with two attached hydrogens (primary N) is 1. The standard InChI is InChI=1S/C28H28F3N5O2/c29-23-14-18-16(4-5-33-28(18)37)12-19(23)21-13-20(26(31)34-27(21)32)17-2-3-24(36-8-10-38-11-9-36)22(25(17)30)15-35-6-1-7-35/h2-3,12-14H,1,4-11,15H2,(H2,32,34)(H,33,37). The normalized spacial score (nSPS) is 17.7. The van der Waals surface area contributed by atoms with Crippen LogP contribution in [0.1, 0.15) is 27.9 Å². The fourth-order valence-corrected chi connectivity index (χ4v) is 5.39. The fourth-order valence-electron chi connectivity index (χ4n) is 5.39. The number of halogens is 3. The minimum Gasteiger partial charge on any atom is -0.383 e. The topological polar surface area (TPSA) is 83.7 Å². The zero-order valence-corrected chi connectivity index (χ0v) is 20.8. The first-order chi connectivity index (χ1) is 18.4. The van der Waals surface area contributed by atoms with Crippen molar-refractivity contribution in [3.05, 3.63) is 64.6 Å². The lowest BCUT2D eigenvalue weighted by atomic mass is 9.93. The summed E-state index contributed by atoms with van der Waals surface area (Å²) in [7, 11) is 0. The first-order valence-electron chi connectivity index (χ1n) is 12.8. The summed E-state index contributed by atoms with van der Waals surface area (Å²) in [5.74, 6) is -2.71. The maximum Gasteiger partial charge on any atom is 0.251 e. The Hall–Kier alpha value is -3.63. The van der Waals surface area contributed by atoms with Gasteiger partial charge in [-0.3, -0.25) is 9.69 Å². The Morgan fingerprint density at radius 3 is 2.47 bits per heavy atom. The highest BCUT2D eigenvalue weighted by molar-refractivity contribution is 5.97. The molecular weight excluding hydrogens is 495 g/mol. The van der Waals surface area contributed by atoms with Gasteiger partial charge in [0.2, 0.25) is 5.95 Å². The summed E-state index contributed by atoms with van der Waals surface area (Å²) in [6.07, 6.45) is 1.58. The second-order valence-electron chi connectivity index (χ2n) is 9.91. The van der Waals surface area contributed by atoms with E-state index in [0.717, 1.165) is 31.3 Å². The van der Waals surface area contributed by atoms with E-state index >= 15 is 13.2 Å². The van der Waals surface area contributed by atoms with E-state index in [1.807, 2.05) is 6.07 Å². The molecule has 0 aliphatic carbocycles. The number of hydrogen-bond acceptors (Lipinski definition) is 6. The third-order valence-corrected chi connectivity index (χ3v) is 7.60. The number of nitrogens with one attached hydrogen (secondary N) is 1. The highest BCUT2D eigenvalue weighted by Crippen LogP contribution is 2.38. The summed E-state index contributed by atoms with van der Waals surface area (Å²) in [4.78, 5) is 20.2. The molecule has 0 spiro atoms. The molecule has 38 heavy (non-hydrogen) atoms. The molecule has 1 amide bonds. The first-order valence-corrected chi connectivity index (χ1v) is 12.8. The number of morpholine rings is 1. The van der Waals surface area contributed by atoms with Gasteiger partial charge in [-0.1, -0.05) is 0 Å². The van der Waals surface area contributed by atoms with Gasteiger partial charge in [-0.15, -0.1) is 0 Å². The number of aromatic nitrogens is 1. The first kappa shape index (κ1) is 24.7. The molecule has 3 aromatic rings. The van der Waals surface area contributed by atoms with Gasteiger partial charge in [-0.2, -0.15) is 4.39 Å². The van der Waals surface area contributed by atoms with Crippen LogP contribution in [0.25, 0.3) is 22.3 Å². The summed E-state index contributed by atoms with van der Waals surface area (Å²) in [6.45, 7) is 4.99. The van der Waals surface area contributed by atoms with E-state index in [4.69, 9.17) is 10.5 Å². The largest absolute Gasteiger partial charge is 0.383 e. The molecule has 10 heteroatoms. The molecule has 2 fully saturated rings. The van der Waals surface area contributed by atoms with Crippen molar-refractivity contribution >= 4 is 17.4 Å². The zero-order chi connectivity index (χ0) is 26.4. The Morgan fingerprint density at radius 1 is 0.947 bits per heavy atom. The Morgan fingerprint density at radius 2 is 1.74 bits per heavy atom. The highest BCUT2D eigenvalue weighted by atomic mass is 19.1. The van der Waals surface area contributed by atoms with E-state index in [2.05, 4.69) is 20.1 Å². The average Bonchev–Trinajstić information content (AvgIpc) is 2.88. The lowest BCUT2D eigenvalue weighted by Gasteiger charge is -2.35. The molecule has 0 unspecified atom stereocenters. The summed E-state index contributed by atoms with van der Waals surface area (Å²) in [5, 5.41) is 2.69. The van der Waals surface area contributed by atoms with E-state index in [0.29, 0.717) is 56.9 Å². The number of carbonyl (C=O) groups excluding carboxylic acids is 1. The highest BCUT2D eigenvalue weighted by Gasteiger charge is 2.27. The number of pyridine rings is 1. The number of amides is 1. The Bertz CT molecular complexity index is 1420. The van der Waals surface area contributed by atoms with Gasteiger partial charge in [0.1, 0.15) is 17.5 Å². The number of hydrogen-bond donors (Lipinski definition) is 2. The number of ether oxygens (including phenoxy) is 1. The smallest absolute Gasteiger partial charge is 0.251 e. The van der Waals surface area contributed by atoms with Gasteiger partial charge in [-0.05, 0) is 61.8 Å². The molecule has 3 aliphatic heterocycles. The van der Waals surface area contributed by atoms with E-state index < -0.39 is 17.6 Å². The number of nitrogens with zero attached hydrogens (tertiary/aromatic N) is 3. The molecule has 2 aromatic carbocycles. The second-order valence-corrected chi connectivity index (χ2v) is 9.91. The van der Waals surface area contributed by atoms with Crippen LogP contribution in [0.15, 0.2) is 30.3 Å². The predicted molar refractivity (Wildman–Crippen MR) is 138 cm³/mol. The van der Waals surface area contributed by atoms with Crippen LogP contribution in [0.3, 0.4) is 0 Å². The van der Waals surface area contributed by atoms with Crippen molar-refractivity contribution in [2.24, 2.45) is 0 Å². The fraction of sp³-hybridized carbons (Fsp3) is 0.357. The summed E-state index contributed by atoms with van der Waals surface area (Å²) >= 11 is 0. The van der Waals surface area contributed by atoms with Crippen LogP contribution < -0.4 is 16.0 Å². The average molecular weight is 524 g/mol. The third kappa shape index (κ3) is 4.37. The van der Waals surface area contributed by atoms with Gasteiger partial charge in [0.05, 0.1) is 13.2 Å². The molecule has 0 saturated carbocycles. The number of rotatable bonds is 5. The Labute approximate surface area is 218 Å².